The first-order chi connectivity index (χ1) is 11.9. The molecule has 1 N–H and O–H groups in total. The maximum absolute atomic E-state index is 12.9. The van der Waals surface area contributed by atoms with E-state index in [0.717, 1.165) is 7.11 Å². The van der Waals surface area contributed by atoms with Crippen LogP contribution < -0.4 is 5.32 Å². The number of carbonyl (C=O) groups is 2. The SMILES string of the molecule is COC(=O)C1(NC(=O)c2cc(C(F)(F)F)cc(C(F)(F)F)c2)CCCC1. The number of hydrogen-bond acceptors (Lipinski definition) is 3. The molecule has 0 atom stereocenters. The molecule has 1 fully saturated rings. The fourth-order valence-electron chi connectivity index (χ4n) is 2.93. The highest BCUT2D eigenvalue weighted by Gasteiger charge is 2.44. The van der Waals surface area contributed by atoms with Crippen molar-refractivity contribution < 1.29 is 40.7 Å². The highest BCUT2D eigenvalue weighted by Crippen LogP contribution is 2.37. The van der Waals surface area contributed by atoms with E-state index in [2.05, 4.69) is 10.1 Å². The van der Waals surface area contributed by atoms with Gasteiger partial charge >= 0.3 is 18.3 Å². The summed E-state index contributed by atoms with van der Waals surface area (Å²) in [7, 11) is 1.08. The average molecular weight is 383 g/mol. The van der Waals surface area contributed by atoms with Crippen LogP contribution in [0, 0.1) is 0 Å². The Morgan fingerprint density at radius 1 is 0.962 bits per heavy atom. The fourth-order valence-corrected chi connectivity index (χ4v) is 2.93. The Balaban J connectivity index is 2.43. The molecule has 4 nitrogen and oxygen atoms in total. The molecule has 1 aliphatic carbocycles. The summed E-state index contributed by atoms with van der Waals surface area (Å²) in [5.41, 5.74) is -5.48. The number of benzene rings is 1. The first kappa shape index (κ1) is 20.1. The van der Waals surface area contributed by atoms with Crippen LogP contribution in [0.1, 0.15) is 47.2 Å². The van der Waals surface area contributed by atoms with Crippen molar-refractivity contribution in [3.63, 3.8) is 0 Å². The summed E-state index contributed by atoms with van der Waals surface area (Å²) in [5.74, 6) is -1.99. The van der Waals surface area contributed by atoms with Crippen LogP contribution in [0.2, 0.25) is 0 Å². The molecular weight excluding hydrogens is 368 g/mol. The molecule has 0 unspecified atom stereocenters. The largest absolute Gasteiger partial charge is 0.467 e. The lowest BCUT2D eigenvalue weighted by molar-refractivity contribution is -0.148. The number of hydrogen-bond donors (Lipinski definition) is 1. The zero-order valence-corrected chi connectivity index (χ0v) is 13.6. The van der Waals surface area contributed by atoms with Crippen molar-refractivity contribution in [1.82, 2.24) is 5.32 Å². The van der Waals surface area contributed by atoms with Crippen molar-refractivity contribution in [2.45, 2.75) is 43.6 Å². The lowest BCUT2D eigenvalue weighted by atomic mass is 9.96. The van der Waals surface area contributed by atoms with E-state index in [0.29, 0.717) is 25.0 Å². The maximum Gasteiger partial charge on any atom is 0.416 e. The zero-order chi connectivity index (χ0) is 19.8. The smallest absolute Gasteiger partial charge is 0.416 e. The molecule has 0 saturated heterocycles. The molecule has 0 bridgehead atoms. The van der Waals surface area contributed by atoms with Gasteiger partial charge in [0.05, 0.1) is 18.2 Å². The molecule has 26 heavy (non-hydrogen) atoms. The number of nitrogens with one attached hydrogen (secondary N) is 1. The summed E-state index contributed by atoms with van der Waals surface area (Å²) in [4.78, 5) is 24.3. The Labute approximate surface area is 144 Å². The second-order valence-electron chi connectivity index (χ2n) is 6.03. The highest BCUT2D eigenvalue weighted by atomic mass is 19.4. The third-order valence-electron chi connectivity index (χ3n) is 4.24. The van der Waals surface area contributed by atoms with E-state index in [9.17, 15) is 35.9 Å². The Bertz CT molecular complexity index is 673. The summed E-state index contributed by atoms with van der Waals surface area (Å²) in [6.07, 6.45) is -8.63. The van der Waals surface area contributed by atoms with Gasteiger partial charge in [0.1, 0.15) is 5.54 Å². The quantitative estimate of drug-likeness (QED) is 0.636. The van der Waals surface area contributed by atoms with Crippen LogP contribution in [0.25, 0.3) is 0 Å². The first-order valence-corrected chi connectivity index (χ1v) is 7.59. The van der Waals surface area contributed by atoms with Gasteiger partial charge in [0.25, 0.3) is 5.91 Å². The molecule has 1 amide bonds. The molecule has 0 heterocycles. The molecule has 0 aliphatic heterocycles. The predicted molar refractivity (Wildman–Crippen MR) is 77.1 cm³/mol. The zero-order valence-electron chi connectivity index (χ0n) is 13.6. The monoisotopic (exact) mass is 383 g/mol. The minimum absolute atomic E-state index is 0.0670. The van der Waals surface area contributed by atoms with Crippen molar-refractivity contribution in [3.05, 3.63) is 34.9 Å². The summed E-state index contributed by atoms with van der Waals surface area (Å²) in [6.45, 7) is 0. The molecule has 2 rings (SSSR count). The summed E-state index contributed by atoms with van der Waals surface area (Å²) < 4.78 is 82.0. The van der Waals surface area contributed by atoms with E-state index in [-0.39, 0.29) is 18.9 Å². The normalized spacial score (nSPS) is 17.0. The van der Waals surface area contributed by atoms with Crippen LogP contribution >= 0.6 is 0 Å². The van der Waals surface area contributed by atoms with Crippen molar-refractivity contribution in [1.29, 1.82) is 0 Å². The Hall–Kier alpha value is -2.26. The number of methoxy groups -OCH3 is 1. The topological polar surface area (TPSA) is 55.4 Å². The van der Waals surface area contributed by atoms with E-state index in [4.69, 9.17) is 0 Å². The summed E-state index contributed by atoms with van der Waals surface area (Å²) in [6, 6.07) is 0.581. The van der Waals surface area contributed by atoms with E-state index in [1.54, 1.807) is 0 Å². The van der Waals surface area contributed by atoms with E-state index in [1.807, 2.05) is 0 Å². The van der Waals surface area contributed by atoms with Crippen molar-refractivity contribution in [2.75, 3.05) is 7.11 Å². The van der Waals surface area contributed by atoms with Gasteiger partial charge < -0.3 is 10.1 Å². The number of amides is 1. The Morgan fingerprint density at radius 3 is 1.81 bits per heavy atom. The minimum atomic E-state index is -5.07. The summed E-state index contributed by atoms with van der Waals surface area (Å²) >= 11 is 0. The number of carbonyl (C=O) groups excluding carboxylic acids is 2. The van der Waals surface area contributed by atoms with E-state index < -0.39 is 46.5 Å². The van der Waals surface area contributed by atoms with Crippen LogP contribution in [-0.2, 0) is 21.9 Å². The highest BCUT2D eigenvalue weighted by molar-refractivity contribution is 5.98. The lowest BCUT2D eigenvalue weighted by Crippen LogP contribution is -2.53. The number of halogens is 6. The lowest BCUT2D eigenvalue weighted by Gasteiger charge is -2.27. The van der Waals surface area contributed by atoms with E-state index >= 15 is 0 Å². The minimum Gasteiger partial charge on any atom is -0.467 e. The average Bonchev–Trinajstić information content (AvgIpc) is 3.01. The molecule has 0 aromatic heterocycles. The second-order valence-corrected chi connectivity index (χ2v) is 6.03. The molecule has 1 aromatic rings. The molecule has 1 saturated carbocycles. The summed E-state index contributed by atoms with van der Waals surface area (Å²) in [5, 5.41) is 2.27. The molecule has 10 heteroatoms. The molecule has 1 aromatic carbocycles. The van der Waals surface area contributed by atoms with Crippen LogP contribution in [0.15, 0.2) is 18.2 Å². The fraction of sp³-hybridized carbons (Fsp3) is 0.500. The molecule has 1 aliphatic rings. The predicted octanol–water partition coefficient (Wildman–Crippen LogP) is 3.94. The van der Waals surface area contributed by atoms with Crippen LogP contribution in [-0.4, -0.2) is 24.5 Å². The number of esters is 1. The van der Waals surface area contributed by atoms with Crippen molar-refractivity contribution in [2.24, 2.45) is 0 Å². The molecule has 144 valence electrons. The number of alkyl halides is 6. The molecular formula is C16H15F6NO3. The van der Waals surface area contributed by atoms with Gasteiger partial charge in [0.15, 0.2) is 0 Å². The molecule has 0 radical (unpaired) electrons. The van der Waals surface area contributed by atoms with Gasteiger partial charge in [0, 0.05) is 5.56 Å². The second kappa shape index (κ2) is 6.81. The van der Waals surface area contributed by atoms with Crippen LogP contribution in [0.3, 0.4) is 0 Å². The van der Waals surface area contributed by atoms with Gasteiger partial charge in [-0.25, -0.2) is 4.79 Å². The molecule has 0 spiro atoms. The van der Waals surface area contributed by atoms with Crippen LogP contribution in [0.4, 0.5) is 26.3 Å². The van der Waals surface area contributed by atoms with Crippen molar-refractivity contribution >= 4 is 11.9 Å². The van der Waals surface area contributed by atoms with Gasteiger partial charge in [-0.3, -0.25) is 4.79 Å². The van der Waals surface area contributed by atoms with Gasteiger partial charge in [0.2, 0.25) is 0 Å². The third kappa shape index (κ3) is 4.10. The van der Waals surface area contributed by atoms with Gasteiger partial charge in [-0.2, -0.15) is 26.3 Å². The Kier molecular flexibility index (Phi) is 5.25. The first-order valence-electron chi connectivity index (χ1n) is 7.59. The van der Waals surface area contributed by atoms with Gasteiger partial charge in [-0.1, -0.05) is 12.8 Å². The van der Waals surface area contributed by atoms with Crippen molar-refractivity contribution in [3.8, 4) is 0 Å². The number of ether oxygens (including phenoxy) is 1. The number of rotatable bonds is 3. The van der Waals surface area contributed by atoms with Crippen LogP contribution in [0.5, 0.6) is 0 Å². The maximum atomic E-state index is 12.9. The third-order valence-corrected chi connectivity index (χ3v) is 4.24. The standard InChI is InChI=1S/C16H15F6NO3/c1-26-13(25)14(4-2-3-5-14)23-12(24)9-6-10(15(17,18)19)8-11(7-9)16(20,21)22/h6-8H,2-5H2,1H3,(H,23,24). The Morgan fingerprint density at radius 2 is 1.42 bits per heavy atom. The van der Waals surface area contributed by atoms with Gasteiger partial charge in [-0.15, -0.1) is 0 Å². The van der Waals surface area contributed by atoms with E-state index in [1.165, 1.54) is 0 Å². The van der Waals surface area contributed by atoms with Gasteiger partial charge in [-0.05, 0) is 31.0 Å².